The van der Waals surface area contributed by atoms with Crippen molar-refractivity contribution in [2.24, 2.45) is 5.92 Å². The highest BCUT2D eigenvalue weighted by Gasteiger charge is 2.36. The second-order valence-electron chi connectivity index (χ2n) is 5.08. The highest BCUT2D eigenvalue weighted by molar-refractivity contribution is 7.91. The summed E-state index contributed by atoms with van der Waals surface area (Å²) in [5, 5.41) is 14.8. The molecule has 1 aromatic heterocycles. The van der Waals surface area contributed by atoms with Gasteiger partial charge in [-0.15, -0.1) is 11.6 Å². The SMILES string of the molecule is Cc1nn(C(C)C)c(S(=O)(=O)CC(C)CCl)c1[N+](=O)[O-]. The van der Waals surface area contributed by atoms with Gasteiger partial charge in [0.1, 0.15) is 5.69 Å². The molecule has 1 aromatic rings. The number of sulfone groups is 1. The number of nitro groups is 1. The molecule has 0 saturated heterocycles. The largest absolute Gasteiger partial charge is 0.328 e. The summed E-state index contributed by atoms with van der Waals surface area (Å²) in [7, 11) is -3.83. The first-order chi connectivity index (χ1) is 9.11. The Kier molecular flexibility index (Phi) is 5.15. The number of hydrogen-bond acceptors (Lipinski definition) is 5. The molecule has 1 atom stereocenters. The van der Waals surface area contributed by atoms with Crippen LogP contribution < -0.4 is 0 Å². The van der Waals surface area contributed by atoms with Crippen LogP contribution in [0.15, 0.2) is 5.03 Å². The normalized spacial score (nSPS) is 13.7. The molecular formula is C11H18ClN3O4S. The third kappa shape index (κ3) is 3.29. The van der Waals surface area contributed by atoms with E-state index in [9.17, 15) is 18.5 Å². The Bertz CT molecular complexity index is 609. The molecule has 0 aliphatic rings. The third-order valence-corrected chi connectivity index (χ3v) is 5.25. The van der Waals surface area contributed by atoms with Crippen molar-refractivity contribution in [3.8, 4) is 0 Å². The minimum Gasteiger partial charge on any atom is -0.258 e. The molecule has 0 aromatic carbocycles. The summed E-state index contributed by atoms with van der Waals surface area (Å²) in [6.45, 7) is 6.56. The molecule has 1 rings (SSSR count). The van der Waals surface area contributed by atoms with Crippen LogP contribution >= 0.6 is 11.6 Å². The lowest BCUT2D eigenvalue weighted by Gasteiger charge is -2.12. The summed E-state index contributed by atoms with van der Waals surface area (Å²) in [5.41, 5.74) is -0.346. The van der Waals surface area contributed by atoms with E-state index >= 15 is 0 Å². The number of aromatic nitrogens is 2. The van der Waals surface area contributed by atoms with Gasteiger partial charge in [0, 0.05) is 11.9 Å². The van der Waals surface area contributed by atoms with Crippen LogP contribution in [-0.2, 0) is 9.84 Å². The van der Waals surface area contributed by atoms with Gasteiger partial charge in [0.25, 0.3) is 0 Å². The fraction of sp³-hybridized carbons (Fsp3) is 0.727. The van der Waals surface area contributed by atoms with Gasteiger partial charge in [0.15, 0.2) is 0 Å². The maximum absolute atomic E-state index is 12.4. The molecule has 1 unspecified atom stereocenters. The number of hydrogen-bond donors (Lipinski definition) is 0. The van der Waals surface area contributed by atoms with Gasteiger partial charge in [-0.05, 0) is 26.7 Å². The number of alkyl halides is 1. The van der Waals surface area contributed by atoms with E-state index in [0.717, 1.165) is 0 Å². The summed E-state index contributed by atoms with van der Waals surface area (Å²) in [6.07, 6.45) is 0. The molecule has 114 valence electrons. The molecular weight excluding hydrogens is 306 g/mol. The van der Waals surface area contributed by atoms with Gasteiger partial charge in [0.2, 0.25) is 14.9 Å². The van der Waals surface area contributed by atoms with E-state index in [4.69, 9.17) is 11.6 Å². The van der Waals surface area contributed by atoms with Crippen molar-refractivity contribution in [3.63, 3.8) is 0 Å². The molecule has 20 heavy (non-hydrogen) atoms. The van der Waals surface area contributed by atoms with E-state index < -0.39 is 20.4 Å². The summed E-state index contributed by atoms with van der Waals surface area (Å²) >= 11 is 5.63. The first-order valence-electron chi connectivity index (χ1n) is 6.14. The average molecular weight is 324 g/mol. The van der Waals surface area contributed by atoms with Gasteiger partial charge in [-0.25, -0.2) is 13.1 Å². The topological polar surface area (TPSA) is 95.1 Å². The average Bonchev–Trinajstić information content (AvgIpc) is 2.67. The van der Waals surface area contributed by atoms with Crippen molar-refractivity contribution in [2.75, 3.05) is 11.6 Å². The monoisotopic (exact) mass is 323 g/mol. The summed E-state index contributed by atoms with van der Waals surface area (Å²) < 4.78 is 26.1. The Hall–Kier alpha value is -1.15. The number of halogens is 1. The molecule has 9 heteroatoms. The first kappa shape index (κ1) is 16.9. The molecule has 0 spiro atoms. The van der Waals surface area contributed by atoms with Crippen molar-refractivity contribution < 1.29 is 13.3 Å². The zero-order valence-corrected chi connectivity index (χ0v) is 13.4. The minimum absolute atomic E-state index is 0.0980. The third-order valence-electron chi connectivity index (χ3n) is 2.74. The van der Waals surface area contributed by atoms with Crippen LogP contribution in [0, 0.1) is 23.0 Å². The second kappa shape index (κ2) is 6.09. The Morgan fingerprint density at radius 1 is 1.40 bits per heavy atom. The van der Waals surface area contributed by atoms with Crippen LogP contribution in [-0.4, -0.2) is 34.8 Å². The van der Waals surface area contributed by atoms with E-state index in [1.165, 1.54) is 11.6 Å². The fourth-order valence-electron chi connectivity index (χ4n) is 1.87. The van der Waals surface area contributed by atoms with Gasteiger partial charge < -0.3 is 0 Å². The van der Waals surface area contributed by atoms with Crippen molar-refractivity contribution in [3.05, 3.63) is 15.8 Å². The van der Waals surface area contributed by atoms with Gasteiger partial charge in [-0.2, -0.15) is 5.10 Å². The lowest BCUT2D eigenvalue weighted by Crippen LogP contribution is -2.20. The zero-order valence-electron chi connectivity index (χ0n) is 11.8. The standard InChI is InChI=1S/C11H18ClN3O4S/c1-7(2)14-11(10(15(16)17)9(4)13-14)20(18,19)6-8(3)5-12/h7-8H,5-6H2,1-4H3. The van der Waals surface area contributed by atoms with Gasteiger partial charge in [0.05, 0.1) is 10.7 Å². The van der Waals surface area contributed by atoms with Crippen LogP contribution in [0.4, 0.5) is 5.69 Å². The highest BCUT2D eigenvalue weighted by Crippen LogP contribution is 2.31. The summed E-state index contributed by atoms with van der Waals surface area (Å²) in [5.74, 6) is -0.367. The van der Waals surface area contributed by atoms with E-state index in [1.54, 1.807) is 20.8 Å². The molecule has 0 aliphatic heterocycles. The molecule has 0 radical (unpaired) electrons. The summed E-state index contributed by atoms with van der Waals surface area (Å²) in [4.78, 5) is 10.4. The lowest BCUT2D eigenvalue weighted by atomic mass is 10.3. The summed E-state index contributed by atoms with van der Waals surface area (Å²) in [6, 6.07) is -0.293. The Labute approximate surface area is 123 Å². The highest BCUT2D eigenvalue weighted by atomic mass is 35.5. The van der Waals surface area contributed by atoms with E-state index in [1.807, 2.05) is 0 Å². The number of nitrogens with zero attached hydrogens (tertiary/aromatic N) is 3. The van der Waals surface area contributed by atoms with Crippen LogP contribution in [0.25, 0.3) is 0 Å². The van der Waals surface area contributed by atoms with Crippen molar-refractivity contribution in [1.82, 2.24) is 9.78 Å². The maximum atomic E-state index is 12.4. The van der Waals surface area contributed by atoms with Gasteiger partial charge >= 0.3 is 5.69 Å². The molecule has 0 N–H and O–H groups in total. The van der Waals surface area contributed by atoms with Crippen molar-refractivity contribution >= 4 is 27.1 Å². The van der Waals surface area contributed by atoms with Crippen LogP contribution in [0.3, 0.4) is 0 Å². The molecule has 7 nitrogen and oxygen atoms in total. The minimum atomic E-state index is -3.83. The van der Waals surface area contributed by atoms with Crippen LogP contribution in [0.1, 0.15) is 32.5 Å². The van der Waals surface area contributed by atoms with Gasteiger partial charge in [-0.3, -0.25) is 10.1 Å². The number of aryl methyl sites for hydroxylation is 1. The molecule has 0 saturated carbocycles. The Morgan fingerprint density at radius 3 is 2.35 bits per heavy atom. The van der Waals surface area contributed by atoms with E-state index in [-0.39, 0.29) is 34.3 Å². The molecule has 0 fully saturated rings. The van der Waals surface area contributed by atoms with Crippen LogP contribution in [0.2, 0.25) is 0 Å². The molecule has 0 bridgehead atoms. The van der Waals surface area contributed by atoms with E-state index in [2.05, 4.69) is 5.10 Å². The smallest absolute Gasteiger partial charge is 0.258 e. The lowest BCUT2D eigenvalue weighted by molar-refractivity contribution is -0.388. The van der Waals surface area contributed by atoms with Gasteiger partial charge in [-0.1, -0.05) is 6.92 Å². The van der Waals surface area contributed by atoms with E-state index in [0.29, 0.717) is 0 Å². The Morgan fingerprint density at radius 2 is 1.95 bits per heavy atom. The van der Waals surface area contributed by atoms with Crippen molar-refractivity contribution in [1.29, 1.82) is 0 Å². The molecule has 0 amide bonds. The van der Waals surface area contributed by atoms with Crippen LogP contribution in [0.5, 0.6) is 0 Å². The first-order valence-corrected chi connectivity index (χ1v) is 8.32. The predicted molar refractivity (Wildman–Crippen MR) is 75.9 cm³/mol. The van der Waals surface area contributed by atoms with Crippen molar-refractivity contribution in [2.45, 2.75) is 38.8 Å². The quantitative estimate of drug-likeness (QED) is 0.455. The predicted octanol–water partition coefficient (Wildman–Crippen LogP) is 2.33. The fourth-order valence-corrected chi connectivity index (χ4v) is 4.18. The zero-order chi connectivity index (χ0) is 15.7. The molecule has 0 aliphatic carbocycles. The number of rotatable bonds is 6. The maximum Gasteiger partial charge on any atom is 0.328 e. The second-order valence-corrected chi connectivity index (χ2v) is 7.33. The Balaban J connectivity index is 3.52. The molecule has 1 heterocycles.